The van der Waals surface area contributed by atoms with Gasteiger partial charge in [-0.3, -0.25) is 0 Å². The summed E-state index contributed by atoms with van der Waals surface area (Å²) >= 11 is 1.73. The van der Waals surface area contributed by atoms with Gasteiger partial charge in [0.05, 0.1) is 18.2 Å². The molecule has 1 fully saturated rings. The largest absolute Gasteiger partial charge is 0.383 e. The van der Waals surface area contributed by atoms with Gasteiger partial charge in [0.1, 0.15) is 5.01 Å². The first-order valence-electron chi connectivity index (χ1n) is 6.56. The van der Waals surface area contributed by atoms with E-state index in [1.165, 1.54) is 5.01 Å². The molecular formula is C13H22N2O2S. The lowest BCUT2D eigenvalue weighted by molar-refractivity contribution is -0.0336. The summed E-state index contributed by atoms with van der Waals surface area (Å²) in [5.74, 6) is 0. The molecule has 2 atom stereocenters. The SMILES string of the molecule is CCC1CC(NCCOC)(c2nccs2)CCO1. The number of thiazole rings is 1. The highest BCUT2D eigenvalue weighted by atomic mass is 32.1. The lowest BCUT2D eigenvalue weighted by Gasteiger charge is -2.40. The highest BCUT2D eigenvalue weighted by Crippen LogP contribution is 2.36. The van der Waals surface area contributed by atoms with Crippen LogP contribution in [0.3, 0.4) is 0 Å². The number of nitrogens with zero attached hydrogens (tertiary/aromatic N) is 1. The zero-order valence-corrected chi connectivity index (χ0v) is 12.0. The van der Waals surface area contributed by atoms with E-state index in [0.717, 1.165) is 39.0 Å². The van der Waals surface area contributed by atoms with Crippen molar-refractivity contribution in [2.45, 2.75) is 37.8 Å². The Morgan fingerprint density at radius 2 is 2.56 bits per heavy atom. The predicted molar refractivity (Wildman–Crippen MR) is 72.9 cm³/mol. The van der Waals surface area contributed by atoms with E-state index in [1.54, 1.807) is 18.4 Å². The maximum atomic E-state index is 5.79. The molecule has 2 unspecified atom stereocenters. The Bertz CT molecular complexity index is 345. The molecule has 2 rings (SSSR count). The van der Waals surface area contributed by atoms with Crippen molar-refractivity contribution in [3.8, 4) is 0 Å². The Labute approximate surface area is 113 Å². The first-order valence-corrected chi connectivity index (χ1v) is 7.44. The maximum Gasteiger partial charge on any atom is 0.113 e. The first-order chi connectivity index (χ1) is 8.80. The molecule has 0 aliphatic carbocycles. The number of ether oxygens (including phenoxy) is 2. The monoisotopic (exact) mass is 270 g/mol. The summed E-state index contributed by atoms with van der Waals surface area (Å²) in [5.41, 5.74) is -0.0222. The van der Waals surface area contributed by atoms with Crippen molar-refractivity contribution in [2.24, 2.45) is 0 Å². The average molecular weight is 270 g/mol. The molecule has 1 aliphatic rings. The highest BCUT2D eigenvalue weighted by molar-refractivity contribution is 7.09. The fourth-order valence-electron chi connectivity index (χ4n) is 2.49. The third kappa shape index (κ3) is 3.09. The highest BCUT2D eigenvalue weighted by Gasteiger charge is 2.39. The van der Waals surface area contributed by atoms with E-state index in [9.17, 15) is 0 Å². The molecule has 1 aromatic rings. The Hall–Kier alpha value is -0.490. The summed E-state index contributed by atoms with van der Waals surface area (Å²) in [6.07, 6.45) is 5.26. The molecule has 0 saturated carbocycles. The first kappa shape index (κ1) is 13.9. The van der Waals surface area contributed by atoms with Gasteiger partial charge in [-0.05, 0) is 19.3 Å². The van der Waals surface area contributed by atoms with Crippen LogP contribution in [0.5, 0.6) is 0 Å². The van der Waals surface area contributed by atoms with Gasteiger partial charge in [0.15, 0.2) is 0 Å². The van der Waals surface area contributed by atoms with Crippen molar-refractivity contribution in [1.29, 1.82) is 0 Å². The minimum atomic E-state index is -0.0222. The summed E-state index contributed by atoms with van der Waals surface area (Å²) in [4.78, 5) is 4.52. The smallest absolute Gasteiger partial charge is 0.113 e. The van der Waals surface area contributed by atoms with Gasteiger partial charge in [-0.1, -0.05) is 6.92 Å². The molecule has 1 aliphatic heterocycles. The lowest BCUT2D eigenvalue weighted by atomic mass is 9.86. The zero-order chi connectivity index (χ0) is 12.8. The summed E-state index contributed by atoms with van der Waals surface area (Å²) in [5, 5.41) is 6.87. The van der Waals surface area contributed by atoms with Crippen molar-refractivity contribution in [3.63, 3.8) is 0 Å². The van der Waals surface area contributed by atoms with E-state index in [4.69, 9.17) is 9.47 Å². The van der Waals surface area contributed by atoms with Crippen molar-refractivity contribution < 1.29 is 9.47 Å². The van der Waals surface area contributed by atoms with Gasteiger partial charge >= 0.3 is 0 Å². The van der Waals surface area contributed by atoms with Crippen molar-refractivity contribution in [3.05, 3.63) is 16.6 Å². The van der Waals surface area contributed by atoms with E-state index < -0.39 is 0 Å². The number of nitrogens with one attached hydrogen (secondary N) is 1. The van der Waals surface area contributed by atoms with Crippen LogP contribution in [0, 0.1) is 0 Å². The predicted octanol–water partition coefficient (Wildman–Crippen LogP) is 2.16. The summed E-state index contributed by atoms with van der Waals surface area (Å²) < 4.78 is 10.9. The van der Waals surface area contributed by atoms with Gasteiger partial charge in [0, 0.05) is 31.8 Å². The third-order valence-electron chi connectivity index (χ3n) is 3.53. The number of rotatable bonds is 6. The topological polar surface area (TPSA) is 43.4 Å². The van der Waals surface area contributed by atoms with E-state index in [2.05, 4.69) is 17.2 Å². The standard InChI is InChI=1S/C13H22N2O2S/c1-3-11-10-13(4-7-17-11,15-5-8-16-2)12-14-6-9-18-12/h6,9,11,15H,3-5,7-8,10H2,1-2H3. The van der Waals surface area contributed by atoms with Crippen LogP contribution in [0.1, 0.15) is 31.2 Å². The van der Waals surface area contributed by atoms with Crippen LogP contribution in [-0.4, -0.2) is 38.0 Å². The molecule has 0 spiro atoms. The van der Waals surface area contributed by atoms with Gasteiger partial charge in [0.25, 0.3) is 0 Å². The van der Waals surface area contributed by atoms with Gasteiger partial charge in [0.2, 0.25) is 0 Å². The molecule has 0 bridgehead atoms. The molecule has 2 heterocycles. The fraction of sp³-hybridized carbons (Fsp3) is 0.769. The molecule has 1 aromatic heterocycles. The quantitative estimate of drug-likeness (QED) is 0.805. The van der Waals surface area contributed by atoms with Crippen LogP contribution in [0.2, 0.25) is 0 Å². The van der Waals surface area contributed by atoms with Crippen LogP contribution in [0.4, 0.5) is 0 Å². The van der Waals surface area contributed by atoms with Gasteiger partial charge in [-0.2, -0.15) is 0 Å². The number of methoxy groups -OCH3 is 1. The number of aromatic nitrogens is 1. The van der Waals surface area contributed by atoms with Crippen LogP contribution in [0.25, 0.3) is 0 Å². The van der Waals surface area contributed by atoms with Crippen molar-refractivity contribution in [2.75, 3.05) is 26.9 Å². The molecule has 1 N–H and O–H groups in total. The summed E-state index contributed by atoms with van der Waals surface area (Å²) in [6, 6.07) is 0. The van der Waals surface area contributed by atoms with E-state index in [1.807, 2.05) is 11.6 Å². The van der Waals surface area contributed by atoms with Crippen molar-refractivity contribution >= 4 is 11.3 Å². The number of hydrogen-bond donors (Lipinski definition) is 1. The van der Waals surface area contributed by atoms with Crippen LogP contribution >= 0.6 is 11.3 Å². The second-order valence-electron chi connectivity index (χ2n) is 4.69. The Morgan fingerprint density at radius 3 is 3.22 bits per heavy atom. The fourth-order valence-corrected chi connectivity index (χ4v) is 3.35. The zero-order valence-electron chi connectivity index (χ0n) is 11.1. The Kier molecular flexibility index (Phi) is 5.12. The molecule has 102 valence electrons. The van der Waals surface area contributed by atoms with E-state index >= 15 is 0 Å². The second kappa shape index (κ2) is 6.61. The lowest BCUT2D eigenvalue weighted by Crippen LogP contribution is -2.50. The van der Waals surface area contributed by atoms with Gasteiger partial charge in [-0.15, -0.1) is 11.3 Å². The summed E-state index contributed by atoms with van der Waals surface area (Å²) in [6.45, 7) is 4.56. The molecule has 0 aromatic carbocycles. The molecule has 1 saturated heterocycles. The minimum absolute atomic E-state index is 0.0222. The maximum absolute atomic E-state index is 5.79. The molecular weight excluding hydrogens is 248 g/mol. The normalized spacial score (nSPS) is 28.4. The molecule has 4 nitrogen and oxygen atoms in total. The third-order valence-corrected chi connectivity index (χ3v) is 4.50. The molecule has 18 heavy (non-hydrogen) atoms. The van der Waals surface area contributed by atoms with E-state index in [0.29, 0.717) is 6.10 Å². The van der Waals surface area contributed by atoms with Crippen molar-refractivity contribution in [1.82, 2.24) is 10.3 Å². The molecule has 0 amide bonds. The van der Waals surface area contributed by atoms with Crippen LogP contribution in [-0.2, 0) is 15.0 Å². The Morgan fingerprint density at radius 1 is 1.67 bits per heavy atom. The number of hydrogen-bond acceptors (Lipinski definition) is 5. The second-order valence-corrected chi connectivity index (χ2v) is 5.59. The molecule has 0 radical (unpaired) electrons. The van der Waals surface area contributed by atoms with Crippen LogP contribution in [0.15, 0.2) is 11.6 Å². The molecule has 5 heteroatoms. The summed E-state index contributed by atoms with van der Waals surface area (Å²) in [7, 11) is 1.73. The van der Waals surface area contributed by atoms with Crippen LogP contribution < -0.4 is 5.32 Å². The van der Waals surface area contributed by atoms with Gasteiger partial charge < -0.3 is 14.8 Å². The Balaban J connectivity index is 2.11. The van der Waals surface area contributed by atoms with E-state index in [-0.39, 0.29) is 5.54 Å². The minimum Gasteiger partial charge on any atom is -0.383 e. The van der Waals surface area contributed by atoms with Gasteiger partial charge in [-0.25, -0.2) is 4.98 Å². The average Bonchev–Trinajstić information content (AvgIpc) is 2.94.